The van der Waals surface area contributed by atoms with Crippen LogP contribution in [0.1, 0.15) is 35.5 Å². The molecule has 1 aromatic heterocycles. The van der Waals surface area contributed by atoms with E-state index in [4.69, 9.17) is 9.15 Å². The van der Waals surface area contributed by atoms with Gasteiger partial charge in [-0.1, -0.05) is 24.3 Å². The number of nitro groups is 1. The lowest BCUT2D eigenvalue weighted by Crippen LogP contribution is -2.44. The minimum Gasteiger partial charge on any atom is -0.395 e. The second-order valence-electron chi connectivity index (χ2n) is 6.85. The predicted octanol–water partition coefficient (Wildman–Crippen LogP) is 2.73. The first kappa shape index (κ1) is 19.1. The van der Waals surface area contributed by atoms with Crippen LogP contribution in [-0.4, -0.2) is 41.0 Å². The molecule has 0 spiro atoms. The Balaban J connectivity index is 1.51. The highest BCUT2D eigenvalue weighted by atomic mass is 16.6. The molecule has 1 aliphatic heterocycles. The molecule has 1 aliphatic rings. The lowest BCUT2D eigenvalue weighted by atomic mass is 10.1. The Labute approximate surface area is 157 Å². The number of amides is 1. The van der Waals surface area contributed by atoms with Crippen LogP contribution in [-0.2, 0) is 17.8 Å². The maximum absolute atomic E-state index is 12.0. The Morgan fingerprint density at radius 1 is 1.15 bits per heavy atom. The molecule has 1 saturated heterocycles. The fourth-order valence-electron chi connectivity index (χ4n) is 3.25. The number of rotatable bonds is 6. The quantitative estimate of drug-likeness (QED) is 0.618. The molecule has 2 aromatic rings. The predicted molar refractivity (Wildman–Crippen MR) is 98.3 cm³/mol. The van der Waals surface area contributed by atoms with E-state index in [2.05, 4.69) is 24.1 Å². The monoisotopic (exact) mass is 373 g/mol. The average Bonchev–Trinajstić information content (AvgIpc) is 3.10. The SMILES string of the molecule is C[C@@H]1CN(Cc2ccc(CNC(=O)c3ccc([N+](=O)[O-])o3)cc2)C[C@@H](C)O1. The molecular weight excluding hydrogens is 350 g/mol. The van der Waals surface area contributed by atoms with Crippen LogP contribution in [0, 0.1) is 10.1 Å². The molecule has 3 rings (SSSR count). The first-order valence-corrected chi connectivity index (χ1v) is 8.89. The van der Waals surface area contributed by atoms with Crippen LogP contribution in [0.15, 0.2) is 40.8 Å². The summed E-state index contributed by atoms with van der Waals surface area (Å²) in [5, 5.41) is 13.3. The maximum atomic E-state index is 12.0. The Kier molecular flexibility index (Phi) is 5.88. The van der Waals surface area contributed by atoms with Crippen molar-refractivity contribution < 1.29 is 18.9 Å². The molecule has 2 atom stereocenters. The molecule has 1 amide bonds. The molecule has 1 N–H and O–H groups in total. The number of furan rings is 1. The van der Waals surface area contributed by atoms with Crippen molar-refractivity contribution in [2.75, 3.05) is 13.1 Å². The molecule has 0 saturated carbocycles. The van der Waals surface area contributed by atoms with Crippen molar-refractivity contribution in [3.05, 3.63) is 63.4 Å². The average molecular weight is 373 g/mol. The van der Waals surface area contributed by atoms with E-state index < -0.39 is 16.7 Å². The van der Waals surface area contributed by atoms with E-state index in [9.17, 15) is 14.9 Å². The number of carbonyl (C=O) groups excluding carboxylic acids is 1. The van der Waals surface area contributed by atoms with Crippen molar-refractivity contribution in [1.82, 2.24) is 10.2 Å². The second kappa shape index (κ2) is 8.32. The van der Waals surface area contributed by atoms with Crippen LogP contribution in [0.5, 0.6) is 0 Å². The minimum absolute atomic E-state index is 0.0751. The van der Waals surface area contributed by atoms with Crippen LogP contribution in [0.4, 0.5) is 5.88 Å². The van der Waals surface area contributed by atoms with Gasteiger partial charge in [-0.15, -0.1) is 0 Å². The number of nitrogens with zero attached hydrogens (tertiary/aromatic N) is 2. The number of ether oxygens (including phenoxy) is 1. The highest BCUT2D eigenvalue weighted by Crippen LogP contribution is 2.16. The number of hydrogen-bond acceptors (Lipinski definition) is 6. The molecule has 1 aromatic carbocycles. The standard InChI is InChI=1S/C19H23N3O5/c1-13-10-21(11-14(2)26-13)12-16-5-3-15(4-6-16)9-20-19(23)17-7-8-18(27-17)22(24)25/h3-8,13-14H,9-12H2,1-2H3,(H,20,23)/t13-,14-/m1/s1. The topological polar surface area (TPSA) is 97.9 Å². The number of benzene rings is 1. The summed E-state index contributed by atoms with van der Waals surface area (Å²) in [7, 11) is 0. The first-order valence-electron chi connectivity index (χ1n) is 8.89. The summed E-state index contributed by atoms with van der Waals surface area (Å²) in [5.41, 5.74) is 2.14. The fourth-order valence-corrected chi connectivity index (χ4v) is 3.25. The maximum Gasteiger partial charge on any atom is 0.433 e. The van der Waals surface area contributed by atoms with Gasteiger partial charge < -0.3 is 14.5 Å². The molecule has 27 heavy (non-hydrogen) atoms. The molecule has 144 valence electrons. The Hall–Kier alpha value is -2.71. The smallest absolute Gasteiger partial charge is 0.395 e. The van der Waals surface area contributed by atoms with E-state index in [1.165, 1.54) is 11.6 Å². The second-order valence-corrected chi connectivity index (χ2v) is 6.85. The summed E-state index contributed by atoms with van der Waals surface area (Å²) in [5.74, 6) is -1.01. The van der Waals surface area contributed by atoms with E-state index in [1.54, 1.807) is 0 Å². The molecule has 0 unspecified atom stereocenters. The van der Waals surface area contributed by atoms with Crippen LogP contribution in [0.3, 0.4) is 0 Å². The van der Waals surface area contributed by atoms with Crippen molar-refractivity contribution in [3.8, 4) is 0 Å². The third-order valence-corrected chi connectivity index (χ3v) is 4.37. The summed E-state index contributed by atoms with van der Waals surface area (Å²) in [6.07, 6.45) is 0.473. The van der Waals surface area contributed by atoms with Crippen molar-refractivity contribution in [3.63, 3.8) is 0 Å². The normalized spacial score (nSPS) is 20.4. The van der Waals surface area contributed by atoms with E-state index in [-0.39, 0.29) is 18.0 Å². The van der Waals surface area contributed by atoms with Crippen LogP contribution in [0.2, 0.25) is 0 Å². The largest absolute Gasteiger partial charge is 0.433 e. The number of morpholine rings is 1. The molecule has 0 radical (unpaired) electrons. The molecule has 1 fully saturated rings. The van der Waals surface area contributed by atoms with Gasteiger partial charge in [-0.2, -0.15) is 0 Å². The van der Waals surface area contributed by atoms with Gasteiger partial charge in [0.25, 0.3) is 5.91 Å². The lowest BCUT2D eigenvalue weighted by molar-refractivity contribution is -0.402. The van der Waals surface area contributed by atoms with E-state index in [1.807, 2.05) is 24.3 Å². The summed E-state index contributed by atoms with van der Waals surface area (Å²) in [4.78, 5) is 24.3. The highest BCUT2D eigenvalue weighted by Gasteiger charge is 2.22. The van der Waals surface area contributed by atoms with Gasteiger partial charge in [-0.05, 0) is 31.0 Å². The first-order chi connectivity index (χ1) is 12.9. The Morgan fingerprint density at radius 2 is 1.78 bits per heavy atom. The Bertz CT molecular complexity index is 792. The van der Waals surface area contributed by atoms with Gasteiger partial charge in [-0.25, -0.2) is 0 Å². The summed E-state index contributed by atoms with van der Waals surface area (Å²) >= 11 is 0. The van der Waals surface area contributed by atoms with E-state index in [0.29, 0.717) is 6.54 Å². The van der Waals surface area contributed by atoms with Gasteiger partial charge in [0.15, 0.2) is 5.76 Å². The van der Waals surface area contributed by atoms with Crippen molar-refractivity contribution in [1.29, 1.82) is 0 Å². The van der Waals surface area contributed by atoms with Gasteiger partial charge in [0.1, 0.15) is 4.92 Å². The number of nitrogens with one attached hydrogen (secondary N) is 1. The van der Waals surface area contributed by atoms with Gasteiger partial charge >= 0.3 is 5.88 Å². The highest BCUT2D eigenvalue weighted by molar-refractivity contribution is 5.91. The molecule has 0 aliphatic carbocycles. The van der Waals surface area contributed by atoms with E-state index >= 15 is 0 Å². The third kappa shape index (κ3) is 5.15. The van der Waals surface area contributed by atoms with Crippen molar-refractivity contribution in [2.24, 2.45) is 0 Å². The van der Waals surface area contributed by atoms with Crippen LogP contribution >= 0.6 is 0 Å². The zero-order valence-corrected chi connectivity index (χ0v) is 15.4. The third-order valence-electron chi connectivity index (χ3n) is 4.37. The summed E-state index contributed by atoms with van der Waals surface area (Å²) < 4.78 is 10.6. The molecule has 8 heteroatoms. The number of hydrogen-bond donors (Lipinski definition) is 1. The van der Waals surface area contributed by atoms with E-state index in [0.717, 1.165) is 31.3 Å². The van der Waals surface area contributed by atoms with Gasteiger partial charge in [-0.3, -0.25) is 19.8 Å². The van der Waals surface area contributed by atoms with Crippen molar-refractivity contribution in [2.45, 2.75) is 39.1 Å². The zero-order valence-electron chi connectivity index (χ0n) is 15.4. The zero-order chi connectivity index (χ0) is 19.4. The molecule has 8 nitrogen and oxygen atoms in total. The van der Waals surface area contributed by atoms with Gasteiger partial charge in [0.05, 0.1) is 18.3 Å². The number of carbonyl (C=O) groups is 1. The Morgan fingerprint density at radius 3 is 2.37 bits per heavy atom. The van der Waals surface area contributed by atoms with Gasteiger partial charge in [0.2, 0.25) is 0 Å². The lowest BCUT2D eigenvalue weighted by Gasteiger charge is -2.35. The molecular formula is C19H23N3O5. The van der Waals surface area contributed by atoms with Crippen LogP contribution in [0.25, 0.3) is 0 Å². The van der Waals surface area contributed by atoms with Gasteiger partial charge in [0, 0.05) is 26.2 Å². The molecule has 0 bridgehead atoms. The summed E-state index contributed by atoms with van der Waals surface area (Å²) in [6, 6.07) is 10.5. The minimum atomic E-state index is -0.675. The fraction of sp³-hybridized carbons (Fsp3) is 0.421. The van der Waals surface area contributed by atoms with Crippen molar-refractivity contribution >= 4 is 11.8 Å². The molecule has 2 heterocycles. The van der Waals surface area contributed by atoms with Crippen LogP contribution < -0.4 is 5.32 Å². The summed E-state index contributed by atoms with van der Waals surface area (Å²) in [6.45, 7) is 7.18.